The minimum atomic E-state index is -0.482. The number of hydrogen-bond acceptors (Lipinski definition) is 7. The van der Waals surface area contributed by atoms with Gasteiger partial charge in [-0.25, -0.2) is 14.8 Å². The molecular weight excluding hydrogens is 430 g/mol. The Hall–Kier alpha value is -3.68. The Bertz CT molecular complexity index is 1220. The third-order valence-corrected chi connectivity index (χ3v) is 6.23. The second kappa shape index (κ2) is 9.67. The largest absolute Gasteiger partial charge is 0.461 e. The number of carbonyl (C=O) groups excluding carboxylic acids is 2. The van der Waals surface area contributed by atoms with Gasteiger partial charge in [0, 0.05) is 51.5 Å². The number of benzene rings is 2. The van der Waals surface area contributed by atoms with Crippen LogP contribution in [0, 0.1) is 13.8 Å². The number of amides is 1. The van der Waals surface area contributed by atoms with Crippen molar-refractivity contribution in [3.63, 3.8) is 0 Å². The maximum absolute atomic E-state index is 13.0. The molecule has 1 amide bonds. The Morgan fingerprint density at radius 2 is 1.53 bits per heavy atom. The first-order valence-electron chi connectivity index (χ1n) is 11.6. The van der Waals surface area contributed by atoms with Crippen LogP contribution in [0.15, 0.2) is 36.4 Å². The Kier molecular flexibility index (Phi) is 6.68. The minimum Gasteiger partial charge on any atom is -0.461 e. The van der Waals surface area contributed by atoms with Gasteiger partial charge >= 0.3 is 5.97 Å². The van der Waals surface area contributed by atoms with Crippen molar-refractivity contribution in [1.82, 2.24) is 14.9 Å². The van der Waals surface area contributed by atoms with Gasteiger partial charge in [0.15, 0.2) is 11.5 Å². The Labute approximate surface area is 200 Å². The highest BCUT2D eigenvalue weighted by Gasteiger charge is 2.28. The number of rotatable bonds is 5. The second-order valence-corrected chi connectivity index (χ2v) is 8.76. The molecule has 0 bridgehead atoms. The lowest BCUT2D eigenvalue weighted by Gasteiger charge is -2.36. The summed E-state index contributed by atoms with van der Waals surface area (Å²) in [6.07, 6.45) is 0. The van der Waals surface area contributed by atoms with Crippen LogP contribution in [-0.4, -0.2) is 73.6 Å². The molecule has 0 radical (unpaired) electrons. The molecule has 178 valence electrons. The molecule has 0 N–H and O–H groups in total. The lowest BCUT2D eigenvalue weighted by Crippen LogP contribution is -2.49. The van der Waals surface area contributed by atoms with Gasteiger partial charge in [0.05, 0.1) is 17.6 Å². The first kappa shape index (κ1) is 23.5. The van der Waals surface area contributed by atoms with Crippen LogP contribution >= 0.6 is 0 Å². The standard InChI is InChI=1S/C26H31N5O3/c1-6-34-26(33)23-24(28-22-16-18(3)17(2)15-21(22)27-23)30-11-13-31(14-12-30)25(32)19-7-9-20(10-8-19)29(4)5/h7-10,15-16H,6,11-14H2,1-5H3. The predicted molar refractivity (Wildman–Crippen MR) is 134 cm³/mol. The molecule has 1 saturated heterocycles. The number of anilines is 2. The number of piperazine rings is 1. The smallest absolute Gasteiger partial charge is 0.360 e. The van der Waals surface area contributed by atoms with Gasteiger partial charge in [-0.2, -0.15) is 0 Å². The number of ether oxygens (including phenoxy) is 1. The maximum atomic E-state index is 13.0. The summed E-state index contributed by atoms with van der Waals surface area (Å²) in [5.41, 5.74) is 5.56. The van der Waals surface area contributed by atoms with E-state index in [0.717, 1.165) is 22.3 Å². The van der Waals surface area contributed by atoms with Crippen LogP contribution in [-0.2, 0) is 4.74 Å². The van der Waals surface area contributed by atoms with Gasteiger partial charge in [-0.3, -0.25) is 4.79 Å². The Morgan fingerprint density at radius 1 is 0.941 bits per heavy atom. The van der Waals surface area contributed by atoms with Gasteiger partial charge in [-0.15, -0.1) is 0 Å². The molecular formula is C26H31N5O3. The van der Waals surface area contributed by atoms with Crippen LogP contribution in [0.5, 0.6) is 0 Å². The zero-order valence-electron chi connectivity index (χ0n) is 20.5. The number of fused-ring (bicyclic) bond motifs is 1. The van der Waals surface area contributed by atoms with Crippen molar-refractivity contribution in [3.05, 3.63) is 58.8 Å². The monoisotopic (exact) mass is 461 g/mol. The van der Waals surface area contributed by atoms with E-state index in [-0.39, 0.29) is 18.2 Å². The zero-order chi connectivity index (χ0) is 24.4. The van der Waals surface area contributed by atoms with Gasteiger partial charge in [0.1, 0.15) is 0 Å². The minimum absolute atomic E-state index is 0.00580. The van der Waals surface area contributed by atoms with Crippen LogP contribution < -0.4 is 9.80 Å². The molecule has 4 rings (SSSR count). The molecule has 2 aromatic carbocycles. The lowest BCUT2D eigenvalue weighted by molar-refractivity contribution is 0.0519. The van der Waals surface area contributed by atoms with Crippen molar-refractivity contribution < 1.29 is 14.3 Å². The average molecular weight is 462 g/mol. The summed E-state index contributed by atoms with van der Waals surface area (Å²) in [6, 6.07) is 11.6. The first-order chi connectivity index (χ1) is 16.3. The molecule has 8 heteroatoms. The molecule has 1 aliphatic rings. The summed E-state index contributed by atoms with van der Waals surface area (Å²) in [6.45, 7) is 8.25. The summed E-state index contributed by atoms with van der Waals surface area (Å²) in [4.78, 5) is 41.0. The van der Waals surface area contributed by atoms with Gasteiger partial charge in [-0.05, 0) is 68.3 Å². The van der Waals surface area contributed by atoms with Crippen molar-refractivity contribution >= 4 is 34.4 Å². The van der Waals surface area contributed by atoms with Gasteiger partial charge in [0.25, 0.3) is 5.91 Å². The number of hydrogen-bond donors (Lipinski definition) is 0. The lowest BCUT2D eigenvalue weighted by atomic mass is 10.1. The molecule has 0 aliphatic carbocycles. The third-order valence-electron chi connectivity index (χ3n) is 6.23. The van der Waals surface area contributed by atoms with E-state index in [9.17, 15) is 9.59 Å². The Morgan fingerprint density at radius 3 is 2.09 bits per heavy atom. The fourth-order valence-corrected chi connectivity index (χ4v) is 4.07. The fourth-order valence-electron chi connectivity index (χ4n) is 4.07. The van der Waals surface area contributed by atoms with E-state index < -0.39 is 5.97 Å². The van der Waals surface area contributed by atoms with Crippen LogP contribution in [0.3, 0.4) is 0 Å². The van der Waals surface area contributed by atoms with Crippen molar-refractivity contribution in [3.8, 4) is 0 Å². The molecule has 1 aliphatic heterocycles. The number of nitrogens with zero attached hydrogens (tertiary/aromatic N) is 5. The highest BCUT2D eigenvalue weighted by molar-refractivity contribution is 5.96. The summed E-state index contributed by atoms with van der Waals surface area (Å²) in [5, 5.41) is 0. The van der Waals surface area contributed by atoms with Gasteiger partial charge in [-0.1, -0.05) is 0 Å². The quantitative estimate of drug-likeness (QED) is 0.539. The molecule has 3 aromatic rings. The van der Waals surface area contributed by atoms with Crippen LogP contribution in [0.4, 0.5) is 11.5 Å². The van der Waals surface area contributed by atoms with Crippen LogP contribution in [0.25, 0.3) is 11.0 Å². The molecule has 8 nitrogen and oxygen atoms in total. The molecule has 0 saturated carbocycles. The number of carbonyl (C=O) groups is 2. The normalized spacial score (nSPS) is 13.8. The van der Waals surface area contributed by atoms with Gasteiger partial charge in [0.2, 0.25) is 0 Å². The Balaban J connectivity index is 1.57. The van der Waals surface area contributed by atoms with Crippen molar-refractivity contribution in [2.24, 2.45) is 0 Å². The topological polar surface area (TPSA) is 78.9 Å². The summed E-state index contributed by atoms with van der Waals surface area (Å²) in [7, 11) is 3.94. The van der Waals surface area contributed by atoms with E-state index in [0.29, 0.717) is 43.1 Å². The molecule has 1 fully saturated rings. The van der Waals surface area contributed by atoms with E-state index in [1.165, 1.54) is 0 Å². The van der Waals surface area contributed by atoms with E-state index in [4.69, 9.17) is 9.72 Å². The number of esters is 1. The number of aryl methyl sites for hydroxylation is 2. The third kappa shape index (κ3) is 4.66. The molecule has 1 aromatic heterocycles. The predicted octanol–water partition coefficient (Wildman–Crippen LogP) is 3.45. The van der Waals surface area contributed by atoms with E-state index in [1.54, 1.807) is 6.92 Å². The summed E-state index contributed by atoms with van der Waals surface area (Å²) >= 11 is 0. The summed E-state index contributed by atoms with van der Waals surface area (Å²) < 4.78 is 5.27. The second-order valence-electron chi connectivity index (χ2n) is 8.76. The van der Waals surface area contributed by atoms with E-state index >= 15 is 0 Å². The molecule has 0 atom stereocenters. The molecule has 2 heterocycles. The van der Waals surface area contributed by atoms with Crippen LogP contribution in [0.2, 0.25) is 0 Å². The fraction of sp³-hybridized carbons (Fsp3) is 0.385. The SMILES string of the molecule is CCOC(=O)c1nc2cc(C)c(C)cc2nc1N1CCN(C(=O)c2ccc(N(C)C)cc2)CC1. The van der Waals surface area contributed by atoms with Crippen molar-refractivity contribution in [1.29, 1.82) is 0 Å². The summed E-state index contributed by atoms with van der Waals surface area (Å²) in [5.74, 6) is 0.0347. The molecule has 0 unspecified atom stereocenters. The number of aromatic nitrogens is 2. The van der Waals surface area contributed by atoms with E-state index in [2.05, 4.69) is 4.98 Å². The van der Waals surface area contributed by atoms with Crippen molar-refractivity contribution in [2.75, 3.05) is 56.7 Å². The maximum Gasteiger partial charge on any atom is 0.360 e. The zero-order valence-corrected chi connectivity index (χ0v) is 20.5. The van der Waals surface area contributed by atoms with Crippen molar-refractivity contribution in [2.45, 2.75) is 20.8 Å². The highest BCUT2D eigenvalue weighted by Crippen LogP contribution is 2.25. The molecule has 34 heavy (non-hydrogen) atoms. The highest BCUT2D eigenvalue weighted by atomic mass is 16.5. The molecule has 0 spiro atoms. The average Bonchev–Trinajstić information content (AvgIpc) is 2.84. The first-order valence-corrected chi connectivity index (χ1v) is 11.6. The van der Waals surface area contributed by atoms with Gasteiger partial charge < -0.3 is 19.4 Å². The van der Waals surface area contributed by atoms with Crippen LogP contribution in [0.1, 0.15) is 38.9 Å². The van der Waals surface area contributed by atoms with E-state index in [1.807, 2.05) is 79.0 Å².